The van der Waals surface area contributed by atoms with E-state index in [1.54, 1.807) is 11.9 Å². The molecule has 6 nitrogen and oxygen atoms in total. The van der Waals surface area contributed by atoms with Crippen LogP contribution in [0.1, 0.15) is 36.4 Å². The van der Waals surface area contributed by atoms with Gasteiger partial charge < -0.3 is 20.7 Å². The van der Waals surface area contributed by atoms with Crippen molar-refractivity contribution in [2.45, 2.75) is 38.8 Å². The number of ether oxygens (including phenoxy) is 1. The molecule has 0 saturated heterocycles. The number of nitrogens with zero attached hydrogens (tertiary/aromatic N) is 2. The molecular formula is C13H22N4O2S. The quantitative estimate of drug-likeness (QED) is 0.802. The van der Waals surface area contributed by atoms with Crippen molar-refractivity contribution in [1.82, 2.24) is 9.88 Å². The zero-order chi connectivity index (χ0) is 14.7. The Kier molecular flexibility index (Phi) is 4.82. The maximum atomic E-state index is 12.3. The van der Waals surface area contributed by atoms with E-state index >= 15 is 0 Å². The Bertz CT molecular complexity index is 471. The van der Waals surface area contributed by atoms with Crippen LogP contribution in [0, 0.1) is 0 Å². The first-order valence-corrected chi connectivity index (χ1v) is 7.69. The largest absolute Gasteiger partial charge is 0.382 e. The van der Waals surface area contributed by atoms with E-state index in [2.05, 4.69) is 10.3 Å². The average Bonchev–Trinajstić information content (AvgIpc) is 3.10. The molecule has 1 aromatic heterocycles. The van der Waals surface area contributed by atoms with Crippen LogP contribution < -0.4 is 11.1 Å². The summed E-state index contributed by atoms with van der Waals surface area (Å²) in [6.45, 7) is 5.00. The maximum Gasteiger partial charge on any atom is 0.267 e. The molecule has 1 aromatic rings. The molecule has 20 heavy (non-hydrogen) atoms. The van der Waals surface area contributed by atoms with Crippen LogP contribution in [-0.4, -0.2) is 48.1 Å². The minimum absolute atomic E-state index is 0.101. The zero-order valence-electron chi connectivity index (χ0n) is 12.2. The molecule has 0 radical (unpaired) electrons. The number of anilines is 2. The highest BCUT2D eigenvalue weighted by Crippen LogP contribution is 2.31. The second-order valence-electron chi connectivity index (χ2n) is 5.30. The van der Waals surface area contributed by atoms with E-state index in [0.717, 1.165) is 18.0 Å². The van der Waals surface area contributed by atoms with Crippen molar-refractivity contribution in [1.29, 1.82) is 0 Å². The van der Waals surface area contributed by atoms with E-state index in [0.29, 0.717) is 29.9 Å². The predicted molar refractivity (Wildman–Crippen MR) is 81.2 cm³/mol. The van der Waals surface area contributed by atoms with Crippen molar-refractivity contribution in [3.8, 4) is 0 Å². The number of thiazole rings is 1. The lowest BCUT2D eigenvalue weighted by Gasteiger charge is -2.17. The lowest BCUT2D eigenvalue weighted by molar-refractivity contribution is 0.0535. The fourth-order valence-electron chi connectivity index (χ4n) is 1.65. The first-order valence-electron chi connectivity index (χ1n) is 6.87. The van der Waals surface area contributed by atoms with Crippen molar-refractivity contribution >= 4 is 28.2 Å². The molecule has 0 spiro atoms. The Morgan fingerprint density at radius 2 is 2.30 bits per heavy atom. The van der Waals surface area contributed by atoms with Crippen molar-refractivity contribution in [2.75, 3.05) is 31.2 Å². The molecule has 0 unspecified atom stereocenters. The molecule has 0 aromatic carbocycles. The molecule has 2 rings (SSSR count). The van der Waals surface area contributed by atoms with E-state index in [1.165, 1.54) is 11.3 Å². The Morgan fingerprint density at radius 1 is 1.60 bits per heavy atom. The highest BCUT2D eigenvalue weighted by Gasteiger charge is 2.25. The number of nitrogens with two attached hydrogens (primary N) is 1. The van der Waals surface area contributed by atoms with Crippen LogP contribution in [0.2, 0.25) is 0 Å². The SMILES string of the molecule is CC(C)OCCN(C)C(=O)c1sc(NC2CC2)nc1N. The van der Waals surface area contributed by atoms with Crippen molar-refractivity contribution in [2.24, 2.45) is 0 Å². The summed E-state index contributed by atoms with van der Waals surface area (Å²) in [5.41, 5.74) is 5.83. The summed E-state index contributed by atoms with van der Waals surface area (Å²) < 4.78 is 5.45. The van der Waals surface area contributed by atoms with E-state index < -0.39 is 0 Å². The normalized spacial score (nSPS) is 14.6. The Labute approximate surface area is 123 Å². The van der Waals surface area contributed by atoms with Gasteiger partial charge in [-0.2, -0.15) is 0 Å². The first-order chi connectivity index (χ1) is 9.47. The highest BCUT2D eigenvalue weighted by molar-refractivity contribution is 7.18. The van der Waals surface area contributed by atoms with Crippen LogP contribution in [0.5, 0.6) is 0 Å². The van der Waals surface area contributed by atoms with Gasteiger partial charge in [-0.15, -0.1) is 0 Å². The maximum absolute atomic E-state index is 12.3. The van der Waals surface area contributed by atoms with E-state index in [4.69, 9.17) is 10.5 Å². The van der Waals surface area contributed by atoms with Gasteiger partial charge in [0.05, 0.1) is 12.7 Å². The van der Waals surface area contributed by atoms with Crippen LogP contribution in [0.3, 0.4) is 0 Å². The van der Waals surface area contributed by atoms with Crippen molar-refractivity contribution in [3.63, 3.8) is 0 Å². The highest BCUT2D eigenvalue weighted by atomic mass is 32.1. The molecule has 3 N–H and O–H groups in total. The van der Waals surface area contributed by atoms with Crippen LogP contribution in [0.25, 0.3) is 0 Å². The number of hydrogen-bond donors (Lipinski definition) is 2. The summed E-state index contributed by atoms with van der Waals surface area (Å²) >= 11 is 1.32. The number of hydrogen-bond acceptors (Lipinski definition) is 6. The Morgan fingerprint density at radius 3 is 2.90 bits per heavy atom. The van der Waals surface area contributed by atoms with Crippen LogP contribution in [-0.2, 0) is 4.74 Å². The summed E-state index contributed by atoms with van der Waals surface area (Å²) in [7, 11) is 1.75. The molecule has 1 saturated carbocycles. The number of nitrogens with one attached hydrogen (secondary N) is 1. The summed E-state index contributed by atoms with van der Waals surface area (Å²) in [6.07, 6.45) is 2.49. The van der Waals surface area contributed by atoms with E-state index in [1.807, 2.05) is 13.8 Å². The van der Waals surface area contributed by atoms with Crippen LogP contribution in [0.15, 0.2) is 0 Å². The van der Waals surface area contributed by atoms with Gasteiger partial charge in [0, 0.05) is 19.6 Å². The molecule has 1 heterocycles. The number of aromatic nitrogens is 1. The lowest BCUT2D eigenvalue weighted by atomic mass is 10.4. The monoisotopic (exact) mass is 298 g/mol. The van der Waals surface area contributed by atoms with Gasteiger partial charge in [-0.1, -0.05) is 11.3 Å². The molecular weight excluding hydrogens is 276 g/mol. The fraction of sp³-hybridized carbons (Fsp3) is 0.692. The average molecular weight is 298 g/mol. The van der Waals surface area contributed by atoms with Gasteiger partial charge in [-0.3, -0.25) is 4.79 Å². The molecule has 112 valence electrons. The van der Waals surface area contributed by atoms with Gasteiger partial charge in [-0.25, -0.2) is 4.98 Å². The van der Waals surface area contributed by atoms with Crippen LogP contribution in [0.4, 0.5) is 10.9 Å². The third-order valence-corrected chi connectivity index (χ3v) is 3.97. The minimum Gasteiger partial charge on any atom is -0.382 e. The van der Waals surface area contributed by atoms with Gasteiger partial charge in [0.1, 0.15) is 10.7 Å². The number of rotatable bonds is 7. The molecule has 0 bridgehead atoms. The van der Waals surface area contributed by atoms with Gasteiger partial charge in [0.25, 0.3) is 5.91 Å². The topological polar surface area (TPSA) is 80.5 Å². The van der Waals surface area contributed by atoms with Crippen molar-refractivity contribution < 1.29 is 9.53 Å². The van der Waals surface area contributed by atoms with Crippen LogP contribution >= 0.6 is 11.3 Å². The molecule has 7 heteroatoms. The molecule has 1 aliphatic rings. The smallest absolute Gasteiger partial charge is 0.267 e. The summed E-state index contributed by atoms with van der Waals surface area (Å²) in [4.78, 5) is 18.6. The number of carbonyl (C=O) groups excluding carboxylic acids is 1. The molecule has 1 amide bonds. The predicted octanol–water partition coefficient (Wildman–Crippen LogP) is 1.80. The van der Waals surface area contributed by atoms with Gasteiger partial charge in [0.15, 0.2) is 5.13 Å². The second kappa shape index (κ2) is 6.41. The molecule has 0 aliphatic heterocycles. The number of amides is 1. The standard InChI is InChI=1S/C13H22N4O2S/c1-8(2)19-7-6-17(3)12(18)10-11(14)16-13(20-10)15-9-4-5-9/h8-9H,4-7,14H2,1-3H3,(H,15,16). The third kappa shape index (κ3) is 4.08. The second-order valence-corrected chi connectivity index (χ2v) is 6.30. The van der Waals surface area contributed by atoms with Gasteiger partial charge in [0.2, 0.25) is 0 Å². The minimum atomic E-state index is -0.101. The number of nitrogen functional groups attached to an aromatic ring is 1. The number of carbonyl (C=O) groups is 1. The van der Waals surface area contributed by atoms with Gasteiger partial charge in [-0.05, 0) is 26.7 Å². The number of likely N-dealkylation sites (N-methyl/N-ethyl adjacent to an activating group) is 1. The Hall–Kier alpha value is -1.34. The van der Waals surface area contributed by atoms with E-state index in [-0.39, 0.29) is 12.0 Å². The van der Waals surface area contributed by atoms with Gasteiger partial charge >= 0.3 is 0 Å². The third-order valence-electron chi connectivity index (χ3n) is 2.98. The molecule has 1 fully saturated rings. The Balaban J connectivity index is 1.91. The lowest BCUT2D eigenvalue weighted by Crippen LogP contribution is -2.30. The van der Waals surface area contributed by atoms with E-state index in [9.17, 15) is 4.79 Å². The fourth-order valence-corrected chi connectivity index (χ4v) is 2.61. The summed E-state index contributed by atoms with van der Waals surface area (Å²) in [6, 6.07) is 0.501. The summed E-state index contributed by atoms with van der Waals surface area (Å²) in [5.74, 6) is 0.205. The summed E-state index contributed by atoms with van der Waals surface area (Å²) in [5, 5.41) is 4.00. The molecule has 1 aliphatic carbocycles. The first kappa shape index (κ1) is 15.1. The zero-order valence-corrected chi connectivity index (χ0v) is 13.0. The molecule has 0 atom stereocenters. The van der Waals surface area contributed by atoms with Crippen molar-refractivity contribution in [3.05, 3.63) is 4.88 Å².